The van der Waals surface area contributed by atoms with E-state index in [4.69, 9.17) is 9.15 Å². The quantitative estimate of drug-likeness (QED) is 0.664. The minimum atomic E-state index is -0.103. The molecule has 1 amide bonds. The van der Waals surface area contributed by atoms with E-state index in [1.165, 1.54) is 6.33 Å². The predicted molar refractivity (Wildman–Crippen MR) is 97.6 cm³/mol. The molecular weight excluding hydrogens is 346 g/mol. The SMILES string of the molecule is O=C(c1ccc(Oc2ccccc2)o1)N1CCN(CCn2cncn2)CC1. The van der Waals surface area contributed by atoms with Crippen molar-refractivity contribution in [1.82, 2.24) is 24.6 Å². The maximum absolute atomic E-state index is 12.7. The average molecular weight is 367 g/mol. The maximum atomic E-state index is 12.7. The third-order valence-electron chi connectivity index (χ3n) is 4.53. The Morgan fingerprint density at radius 1 is 1.04 bits per heavy atom. The summed E-state index contributed by atoms with van der Waals surface area (Å²) in [4.78, 5) is 20.7. The Balaban J connectivity index is 1.28. The summed E-state index contributed by atoms with van der Waals surface area (Å²) in [6, 6.07) is 12.7. The van der Waals surface area contributed by atoms with Crippen LogP contribution < -0.4 is 4.74 Å². The van der Waals surface area contributed by atoms with E-state index in [1.807, 2.05) is 39.9 Å². The lowest BCUT2D eigenvalue weighted by Gasteiger charge is -2.34. The van der Waals surface area contributed by atoms with E-state index < -0.39 is 0 Å². The van der Waals surface area contributed by atoms with Crippen molar-refractivity contribution in [3.8, 4) is 11.7 Å². The van der Waals surface area contributed by atoms with Gasteiger partial charge >= 0.3 is 0 Å². The molecule has 1 aromatic carbocycles. The molecule has 8 heteroatoms. The van der Waals surface area contributed by atoms with Gasteiger partial charge in [0.25, 0.3) is 11.9 Å². The fraction of sp³-hybridized carbons (Fsp3) is 0.316. The first-order chi connectivity index (χ1) is 13.3. The smallest absolute Gasteiger partial charge is 0.290 e. The fourth-order valence-corrected chi connectivity index (χ4v) is 3.02. The lowest BCUT2D eigenvalue weighted by molar-refractivity contribution is 0.0597. The van der Waals surface area contributed by atoms with Gasteiger partial charge < -0.3 is 14.1 Å². The molecule has 1 aliphatic heterocycles. The van der Waals surface area contributed by atoms with Gasteiger partial charge in [0.1, 0.15) is 18.4 Å². The molecule has 2 aromatic heterocycles. The molecule has 0 saturated carbocycles. The summed E-state index contributed by atoms with van der Waals surface area (Å²) in [5.41, 5.74) is 0. The molecule has 3 aromatic rings. The number of para-hydroxylation sites is 1. The zero-order valence-corrected chi connectivity index (χ0v) is 14.9. The highest BCUT2D eigenvalue weighted by Crippen LogP contribution is 2.24. The van der Waals surface area contributed by atoms with Crippen molar-refractivity contribution in [3.63, 3.8) is 0 Å². The summed E-state index contributed by atoms with van der Waals surface area (Å²) < 4.78 is 13.0. The van der Waals surface area contributed by atoms with Crippen molar-refractivity contribution in [3.05, 3.63) is 60.9 Å². The number of amides is 1. The van der Waals surface area contributed by atoms with Crippen molar-refractivity contribution in [2.45, 2.75) is 6.54 Å². The highest BCUT2D eigenvalue weighted by molar-refractivity contribution is 5.91. The van der Waals surface area contributed by atoms with Gasteiger partial charge in [-0.05, 0) is 18.2 Å². The van der Waals surface area contributed by atoms with E-state index in [9.17, 15) is 4.79 Å². The number of ether oxygens (including phenoxy) is 1. The molecule has 0 atom stereocenters. The van der Waals surface area contributed by atoms with Crippen molar-refractivity contribution in [2.24, 2.45) is 0 Å². The molecule has 4 rings (SSSR count). The molecule has 0 unspecified atom stereocenters. The maximum Gasteiger partial charge on any atom is 0.290 e. The lowest BCUT2D eigenvalue weighted by Crippen LogP contribution is -2.49. The number of hydrogen-bond donors (Lipinski definition) is 0. The van der Waals surface area contributed by atoms with Crippen molar-refractivity contribution in [1.29, 1.82) is 0 Å². The molecule has 0 spiro atoms. The van der Waals surface area contributed by atoms with Crippen LogP contribution in [-0.4, -0.2) is 63.2 Å². The number of piperazine rings is 1. The van der Waals surface area contributed by atoms with Gasteiger partial charge in [-0.3, -0.25) is 14.4 Å². The van der Waals surface area contributed by atoms with Crippen molar-refractivity contribution >= 4 is 5.91 Å². The van der Waals surface area contributed by atoms with E-state index in [2.05, 4.69) is 15.0 Å². The molecule has 0 aliphatic carbocycles. The minimum absolute atomic E-state index is 0.103. The highest BCUT2D eigenvalue weighted by atomic mass is 16.6. The topological polar surface area (TPSA) is 76.6 Å². The summed E-state index contributed by atoms with van der Waals surface area (Å²) in [6.07, 6.45) is 3.25. The first kappa shape index (κ1) is 17.3. The Kier molecular flexibility index (Phi) is 5.15. The van der Waals surface area contributed by atoms with Crippen LogP contribution in [0.2, 0.25) is 0 Å². The zero-order valence-electron chi connectivity index (χ0n) is 14.9. The van der Waals surface area contributed by atoms with Gasteiger partial charge in [-0.2, -0.15) is 5.10 Å². The van der Waals surface area contributed by atoms with Crippen molar-refractivity contribution < 1.29 is 13.9 Å². The van der Waals surface area contributed by atoms with Crippen LogP contribution in [0.25, 0.3) is 0 Å². The van der Waals surface area contributed by atoms with Crippen LogP contribution in [0.15, 0.2) is 59.5 Å². The number of benzene rings is 1. The first-order valence-electron chi connectivity index (χ1n) is 8.95. The summed E-state index contributed by atoms with van der Waals surface area (Å²) in [7, 11) is 0. The molecule has 0 radical (unpaired) electrons. The zero-order chi connectivity index (χ0) is 18.5. The van der Waals surface area contributed by atoms with Gasteiger partial charge in [0, 0.05) is 38.8 Å². The molecule has 140 valence electrons. The van der Waals surface area contributed by atoms with E-state index in [-0.39, 0.29) is 5.91 Å². The van der Waals surface area contributed by atoms with Crippen LogP contribution in [0.1, 0.15) is 10.6 Å². The van der Waals surface area contributed by atoms with Crippen LogP contribution >= 0.6 is 0 Å². The number of hydrogen-bond acceptors (Lipinski definition) is 6. The van der Waals surface area contributed by atoms with E-state index >= 15 is 0 Å². The number of aromatic nitrogens is 3. The van der Waals surface area contributed by atoms with Gasteiger partial charge in [-0.25, -0.2) is 4.98 Å². The second kappa shape index (κ2) is 8.05. The van der Waals surface area contributed by atoms with Crippen LogP contribution in [0.3, 0.4) is 0 Å². The third kappa shape index (κ3) is 4.35. The molecule has 8 nitrogen and oxygen atoms in total. The molecule has 0 bridgehead atoms. The number of rotatable bonds is 6. The summed E-state index contributed by atoms with van der Waals surface area (Å²) >= 11 is 0. The molecule has 1 aliphatic rings. The lowest BCUT2D eigenvalue weighted by atomic mass is 10.3. The highest BCUT2D eigenvalue weighted by Gasteiger charge is 2.24. The fourth-order valence-electron chi connectivity index (χ4n) is 3.02. The summed E-state index contributed by atoms with van der Waals surface area (Å²) in [5, 5.41) is 4.11. The molecule has 1 saturated heterocycles. The summed E-state index contributed by atoms with van der Waals surface area (Å²) in [5.74, 6) is 1.19. The Labute approximate surface area is 157 Å². The summed E-state index contributed by atoms with van der Waals surface area (Å²) in [6.45, 7) is 4.69. The van der Waals surface area contributed by atoms with E-state index in [0.29, 0.717) is 30.5 Å². The van der Waals surface area contributed by atoms with E-state index in [1.54, 1.807) is 18.5 Å². The molecule has 3 heterocycles. The Morgan fingerprint density at radius 2 is 1.85 bits per heavy atom. The average Bonchev–Trinajstić information content (AvgIpc) is 3.39. The minimum Gasteiger partial charge on any atom is -0.426 e. The second-order valence-electron chi connectivity index (χ2n) is 6.33. The van der Waals surface area contributed by atoms with Gasteiger partial charge in [0.05, 0.1) is 6.54 Å². The normalized spacial score (nSPS) is 15.0. The Bertz CT molecular complexity index is 855. The largest absolute Gasteiger partial charge is 0.426 e. The number of carbonyl (C=O) groups excluding carboxylic acids is 1. The Morgan fingerprint density at radius 3 is 2.59 bits per heavy atom. The van der Waals surface area contributed by atoms with Crippen LogP contribution in [0.5, 0.6) is 11.7 Å². The van der Waals surface area contributed by atoms with Crippen molar-refractivity contribution in [2.75, 3.05) is 32.7 Å². The van der Waals surface area contributed by atoms with Gasteiger partial charge in [-0.1, -0.05) is 18.2 Å². The van der Waals surface area contributed by atoms with Gasteiger partial charge in [0.15, 0.2) is 5.76 Å². The number of furan rings is 1. The van der Waals surface area contributed by atoms with Crippen LogP contribution in [-0.2, 0) is 6.54 Å². The van der Waals surface area contributed by atoms with Crippen LogP contribution in [0.4, 0.5) is 0 Å². The second-order valence-corrected chi connectivity index (χ2v) is 6.33. The predicted octanol–water partition coefficient (Wildman–Crippen LogP) is 2.12. The standard InChI is InChI=1S/C19H21N5O3/c25-19(17-6-7-18(27-17)26-16-4-2-1-3-5-16)23-11-8-22(9-12-23)10-13-24-15-20-14-21-24/h1-7,14-15H,8-13H2. The van der Waals surface area contributed by atoms with Gasteiger partial charge in [0.2, 0.25) is 0 Å². The monoisotopic (exact) mass is 367 g/mol. The third-order valence-corrected chi connectivity index (χ3v) is 4.53. The number of carbonyl (C=O) groups is 1. The van der Waals surface area contributed by atoms with Crippen LogP contribution in [0, 0.1) is 0 Å². The van der Waals surface area contributed by atoms with Gasteiger partial charge in [-0.15, -0.1) is 0 Å². The van der Waals surface area contributed by atoms with E-state index in [0.717, 1.165) is 26.2 Å². The molecule has 0 N–H and O–H groups in total. The molecule has 27 heavy (non-hydrogen) atoms. The molecule has 1 fully saturated rings. The Hall–Kier alpha value is -3.13. The number of nitrogens with zero attached hydrogens (tertiary/aromatic N) is 5. The first-order valence-corrected chi connectivity index (χ1v) is 8.95. The molecular formula is C19H21N5O3.